The standard InChI is InChI=1S/C25H28N4/c1-14-27-20-15(7-10-26-21(20)23(2,3)4)22-28-18-11-16-17(12-19(18)29(14)22)25(6)9-8-24(16,5)13-25/h7,10-12H,8-9,13H2,1-6H3. The van der Waals surface area contributed by atoms with Gasteiger partial charge in [-0.3, -0.25) is 9.38 Å². The number of hydrogen-bond donors (Lipinski definition) is 0. The molecule has 1 saturated carbocycles. The average molecular weight is 385 g/mol. The number of nitrogens with zero attached hydrogens (tertiary/aromatic N) is 4. The lowest BCUT2D eigenvalue weighted by atomic mass is 9.78. The van der Waals surface area contributed by atoms with Crippen LogP contribution in [0.4, 0.5) is 0 Å². The summed E-state index contributed by atoms with van der Waals surface area (Å²) in [5.41, 5.74) is 8.91. The zero-order valence-corrected chi connectivity index (χ0v) is 18.2. The first kappa shape index (κ1) is 17.4. The highest BCUT2D eigenvalue weighted by Crippen LogP contribution is 2.60. The Hall–Kier alpha value is -2.49. The molecule has 4 heteroatoms. The maximum atomic E-state index is 5.14. The van der Waals surface area contributed by atoms with Gasteiger partial charge in [-0.05, 0) is 66.3 Å². The number of aromatic nitrogens is 4. The lowest BCUT2D eigenvalue weighted by Crippen LogP contribution is -2.18. The minimum atomic E-state index is -0.0626. The Labute approximate surface area is 171 Å². The predicted octanol–water partition coefficient (Wildman–Crippen LogP) is 5.75. The van der Waals surface area contributed by atoms with Crippen molar-refractivity contribution >= 4 is 27.6 Å². The summed E-state index contributed by atoms with van der Waals surface area (Å²) in [6.07, 6.45) is 5.76. The third-order valence-corrected chi connectivity index (χ3v) is 7.58. The van der Waals surface area contributed by atoms with Crippen LogP contribution < -0.4 is 0 Å². The predicted molar refractivity (Wildman–Crippen MR) is 118 cm³/mol. The van der Waals surface area contributed by atoms with Crippen LogP contribution in [-0.4, -0.2) is 19.4 Å². The molecular weight excluding hydrogens is 356 g/mol. The van der Waals surface area contributed by atoms with Gasteiger partial charge < -0.3 is 0 Å². The molecule has 0 spiro atoms. The van der Waals surface area contributed by atoms with Gasteiger partial charge in [-0.1, -0.05) is 34.6 Å². The number of pyridine rings is 1. The van der Waals surface area contributed by atoms with Gasteiger partial charge in [0.15, 0.2) is 0 Å². The van der Waals surface area contributed by atoms with Crippen molar-refractivity contribution < 1.29 is 0 Å². The van der Waals surface area contributed by atoms with E-state index in [0.29, 0.717) is 10.8 Å². The van der Waals surface area contributed by atoms with Gasteiger partial charge in [0.05, 0.1) is 22.2 Å². The molecule has 2 unspecified atom stereocenters. The maximum absolute atomic E-state index is 5.14. The molecule has 4 nitrogen and oxygen atoms in total. The summed E-state index contributed by atoms with van der Waals surface area (Å²) in [6.45, 7) is 13.6. The summed E-state index contributed by atoms with van der Waals surface area (Å²) in [7, 11) is 0. The van der Waals surface area contributed by atoms with Crippen LogP contribution in [-0.2, 0) is 16.2 Å². The van der Waals surface area contributed by atoms with Crippen LogP contribution in [0.25, 0.3) is 27.6 Å². The van der Waals surface area contributed by atoms with Crippen molar-refractivity contribution in [2.45, 2.75) is 77.0 Å². The Kier molecular flexibility index (Phi) is 2.98. The average Bonchev–Trinajstić information content (AvgIpc) is 3.24. The first-order chi connectivity index (χ1) is 13.6. The van der Waals surface area contributed by atoms with E-state index in [1.165, 1.54) is 35.9 Å². The van der Waals surface area contributed by atoms with E-state index < -0.39 is 0 Å². The summed E-state index contributed by atoms with van der Waals surface area (Å²) in [5, 5.41) is 1.09. The summed E-state index contributed by atoms with van der Waals surface area (Å²) in [4.78, 5) is 14.8. The molecule has 3 heterocycles. The number of fused-ring (bicyclic) bond motifs is 10. The third kappa shape index (κ3) is 2.07. The third-order valence-electron chi connectivity index (χ3n) is 7.58. The van der Waals surface area contributed by atoms with Crippen LogP contribution in [0.3, 0.4) is 0 Å². The van der Waals surface area contributed by atoms with Gasteiger partial charge in [0.2, 0.25) is 0 Å². The quantitative estimate of drug-likeness (QED) is 0.388. The van der Waals surface area contributed by atoms with E-state index in [0.717, 1.165) is 33.6 Å². The van der Waals surface area contributed by atoms with E-state index >= 15 is 0 Å². The SMILES string of the molecule is Cc1nc2c(C(C)(C)C)nccc2c2nc3cc4c(cc3n12)C1(C)CCC4(C)C1. The van der Waals surface area contributed by atoms with Crippen molar-refractivity contribution in [1.82, 2.24) is 19.4 Å². The monoisotopic (exact) mass is 384 g/mol. The number of aryl methyl sites for hydroxylation is 1. The molecule has 3 aromatic heterocycles. The van der Waals surface area contributed by atoms with Gasteiger partial charge in [-0.15, -0.1) is 0 Å². The Bertz CT molecular complexity index is 1360. The van der Waals surface area contributed by atoms with Crippen molar-refractivity contribution in [2.24, 2.45) is 0 Å². The Balaban J connectivity index is 1.75. The van der Waals surface area contributed by atoms with Crippen molar-refractivity contribution in [3.8, 4) is 0 Å². The molecule has 2 aliphatic carbocycles. The molecule has 0 saturated heterocycles. The molecule has 6 rings (SSSR count). The normalized spacial score (nSPS) is 26.1. The smallest absolute Gasteiger partial charge is 0.148 e. The Morgan fingerprint density at radius 3 is 2.38 bits per heavy atom. The largest absolute Gasteiger partial charge is 0.280 e. The molecule has 0 radical (unpaired) electrons. The van der Waals surface area contributed by atoms with Crippen LogP contribution in [0.5, 0.6) is 0 Å². The second-order valence-corrected chi connectivity index (χ2v) is 10.9. The minimum absolute atomic E-state index is 0.0626. The molecule has 0 N–H and O–H groups in total. The minimum Gasteiger partial charge on any atom is -0.280 e. The van der Waals surface area contributed by atoms with E-state index in [1.54, 1.807) is 0 Å². The summed E-state index contributed by atoms with van der Waals surface area (Å²) >= 11 is 0. The van der Waals surface area contributed by atoms with Crippen LogP contribution in [0.1, 0.15) is 76.5 Å². The van der Waals surface area contributed by atoms with Gasteiger partial charge in [0.25, 0.3) is 0 Å². The van der Waals surface area contributed by atoms with E-state index in [4.69, 9.17) is 9.97 Å². The highest BCUT2D eigenvalue weighted by Gasteiger charge is 2.53. The molecule has 2 aliphatic rings. The fourth-order valence-electron chi connectivity index (χ4n) is 6.19. The summed E-state index contributed by atoms with van der Waals surface area (Å²) in [5.74, 6) is 0.980. The lowest BCUT2D eigenvalue weighted by Gasteiger charge is -2.27. The zero-order valence-electron chi connectivity index (χ0n) is 18.2. The van der Waals surface area contributed by atoms with Crippen molar-refractivity contribution in [1.29, 1.82) is 0 Å². The second-order valence-electron chi connectivity index (χ2n) is 10.9. The number of imidazole rings is 1. The van der Waals surface area contributed by atoms with Crippen LogP contribution >= 0.6 is 0 Å². The van der Waals surface area contributed by atoms with Gasteiger partial charge in [0, 0.05) is 17.0 Å². The molecular formula is C25H28N4. The molecule has 29 heavy (non-hydrogen) atoms. The molecule has 4 aromatic rings. The summed E-state index contributed by atoms with van der Waals surface area (Å²) < 4.78 is 2.25. The molecule has 0 amide bonds. The highest BCUT2D eigenvalue weighted by molar-refractivity contribution is 5.98. The van der Waals surface area contributed by atoms with Gasteiger partial charge in [-0.25, -0.2) is 9.97 Å². The van der Waals surface area contributed by atoms with Crippen molar-refractivity contribution in [2.75, 3.05) is 0 Å². The van der Waals surface area contributed by atoms with Crippen molar-refractivity contribution in [3.63, 3.8) is 0 Å². The highest BCUT2D eigenvalue weighted by atomic mass is 15.1. The summed E-state index contributed by atoms with van der Waals surface area (Å²) in [6, 6.07) is 6.86. The van der Waals surface area contributed by atoms with Crippen molar-refractivity contribution in [3.05, 3.63) is 47.0 Å². The molecule has 2 bridgehead atoms. The van der Waals surface area contributed by atoms with E-state index in [1.807, 2.05) is 6.20 Å². The number of hydrogen-bond acceptors (Lipinski definition) is 3. The van der Waals surface area contributed by atoms with Gasteiger partial charge in [0.1, 0.15) is 11.5 Å². The van der Waals surface area contributed by atoms with E-state index in [9.17, 15) is 0 Å². The maximum Gasteiger partial charge on any atom is 0.148 e. The first-order valence-electron chi connectivity index (χ1n) is 10.7. The Morgan fingerprint density at radius 2 is 1.69 bits per heavy atom. The lowest BCUT2D eigenvalue weighted by molar-refractivity contribution is 0.484. The first-order valence-corrected chi connectivity index (χ1v) is 10.7. The molecule has 2 atom stereocenters. The Morgan fingerprint density at radius 1 is 1.00 bits per heavy atom. The molecule has 1 fully saturated rings. The van der Waals surface area contributed by atoms with Crippen LogP contribution in [0.15, 0.2) is 24.4 Å². The number of rotatable bonds is 0. The molecule has 1 aromatic carbocycles. The van der Waals surface area contributed by atoms with E-state index in [-0.39, 0.29) is 5.41 Å². The topological polar surface area (TPSA) is 43.1 Å². The zero-order chi connectivity index (χ0) is 20.3. The molecule has 0 aliphatic heterocycles. The number of benzene rings is 1. The fourth-order valence-corrected chi connectivity index (χ4v) is 6.19. The van der Waals surface area contributed by atoms with Gasteiger partial charge >= 0.3 is 0 Å². The van der Waals surface area contributed by atoms with Crippen LogP contribution in [0, 0.1) is 6.92 Å². The van der Waals surface area contributed by atoms with E-state index in [2.05, 4.69) is 69.1 Å². The van der Waals surface area contributed by atoms with Crippen LogP contribution in [0.2, 0.25) is 0 Å². The van der Waals surface area contributed by atoms with Gasteiger partial charge in [-0.2, -0.15) is 0 Å². The molecule has 148 valence electrons. The fraction of sp³-hybridized carbons (Fsp3) is 0.480. The second kappa shape index (κ2) is 4.97.